The zero-order valence-corrected chi connectivity index (χ0v) is 34.0. The van der Waals surface area contributed by atoms with Gasteiger partial charge < -0.3 is 25.2 Å². The SMILES string of the molecule is CC(=O)c1ccccc1C(C)(C)C.CC(C)(C)Nc1cccc(NC(=O)c2ccccc2C(=O)O)c1.COc1ccc(C(C)(C)c2ccc(OC)cc2)cc1. The fraction of sp³-hybridized carbons (Fsp3) is 0.298. The van der Waals surface area contributed by atoms with Crippen LogP contribution in [0.15, 0.2) is 121 Å². The third kappa shape index (κ3) is 12.9. The Bertz CT molecular complexity index is 1990. The molecule has 0 spiro atoms. The number of benzene rings is 5. The van der Waals surface area contributed by atoms with E-state index < -0.39 is 11.9 Å². The maximum Gasteiger partial charge on any atom is 0.336 e. The predicted molar refractivity (Wildman–Crippen MR) is 224 cm³/mol. The number of carboxylic acids is 1. The Morgan fingerprint density at radius 2 is 1.02 bits per heavy atom. The minimum Gasteiger partial charge on any atom is -0.497 e. The van der Waals surface area contributed by atoms with Crippen molar-refractivity contribution in [2.45, 2.75) is 78.7 Å². The number of methoxy groups -OCH3 is 2. The highest BCUT2D eigenvalue weighted by atomic mass is 16.5. The largest absolute Gasteiger partial charge is 0.497 e. The number of ketones is 1. The molecule has 290 valence electrons. The van der Waals surface area contributed by atoms with Gasteiger partial charge in [-0.2, -0.15) is 0 Å². The van der Waals surface area contributed by atoms with Gasteiger partial charge in [-0.15, -0.1) is 0 Å². The lowest BCUT2D eigenvalue weighted by Crippen LogP contribution is -2.26. The molecule has 0 aliphatic heterocycles. The Labute approximate surface area is 326 Å². The van der Waals surface area contributed by atoms with Crippen LogP contribution in [0.2, 0.25) is 0 Å². The summed E-state index contributed by atoms with van der Waals surface area (Å²) >= 11 is 0. The third-order valence-electron chi connectivity index (χ3n) is 8.78. The smallest absolute Gasteiger partial charge is 0.336 e. The number of Topliss-reactive ketones (excluding diaryl/α,β-unsaturated/α-hetero) is 1. The molecule has 0 fully saturated rings. The van der Waals surface area contributed by atoms with E-state index in [-0.39, 0.29) is 33.3 Å². The Balaban J connectivity index is 0.000000230. The standard InChI is InChI=1S/C18H20N2O3.C17H20O2.C12H16O/c1-18(2,3)20-13-8-6-7-12(11-13)19-16(21)14-9-4-5-10-15(14)17(22)23;1-17(2,13-5-9-15(18-3)10-6-13)14-7-11-16(19-4)12-8-14;1-9(13)10-7-5-6-8-11(10)12(2,3)4/h4-11,20H,1-3H3,(H,19,21)(H,22,23);5-12H,1-4H3;5-8H,1-4H3. The summed E-state index contributed by atoms with van der Waals surface area (Å²) in [6, 6.07) is 37.7. The molecule has 8 nitrogen and oxygen atoms in total. The van der Waals surface area contributed by atoms with Gasteiger partial charge in [-0.25, -0.2) is 4.79 Å². The van der Waals surface area contributed by atoms with Crippen molar-refractivity contribution >= 4 is 29.0 Å². The van der Waals surface area contributed by atoms with Gasteiger partial charge >= 0.3 is 5.97 Å². The van der Waals surface area contributed by atoms with Crippen molar-refractivity contribution in [3.63, 3.8) is 0 Å². The topological polar surface area (TPSA) is 114 Å². The molecule has 0 bridgehead atoms. The van der Waals surface area contributed by atoms with Crippen LogP contribution >= 0.6 is 0 Å². The number of carbonyl (C=O) groups excluding carboxylic acids is 2. The lowest BCUT2D eigenvalue weighted by atomic mass is 9.78. The molecule has 3 N–H and O–H groups in total. The minimum absolute atomic E-state index is 0.0195. The maximum absolute atomic E-state index is 12.3. The number of aromatic carboxylic acids is 1. The highest BCUT2D eigenvalue weighted by Crippen LogP contribution is 2.33. The van der Waals surface area contributed by atoms with E-state index in [2.05, 4.69) is 69.5 Å². The number of ether oxygens (including phenoxy) is 2. The Morgan fingerprint density at radius 3 is 1.44 bits per heavy atom. The maximum atomic E-state index is 12.3. The van der Waals surface area contributed by atoms with E-state index >= 15 is 0 Å². The van der Waals surface area contributed by atoms with Gasteiger partial charge in [0.15, 0.2) is 5.78 Å². The molecule has 0 aliphatic rings. The van der Waals surface area contributed by atoms with Gasteiger partial charge in [-0.1, -0.05) is 101 Å². The van der Waals surface area contributed by atoms with Gasteiger partial charge in [0.2, 0.25) is 0 Å². The molecule has 0 unspecified atom stereocenters. The fourth-order valence-electron chi connectivity index (χ4n) is 5.80. The molecule has 55 heavy (non-hydrogen) atoms. The monoisotopic (exact) mass is 744 g/mol. The van der Waals surface area contributed by atoms with Crippen molar-refractivity contribution in [3.8, 4) is 11.5 Å². The molecule has 0 radical (unpaired) electrons. The van der Waals surface area contributed by atoms with Crippen LogP contribution in [-0.4, -0.2) is 42.5 Å². The van der Waals surface area contributed by atoms with Crippen molar-refractivity contribution in [1.82, 2.24) is 0 Å². The van der Waals surface area contributed by atoms with E-state index in [1.807, 2.05) is 87.5 Å². The number of anilines is 2. The molecule has 0 saturated heterocycles. The number of hydrogen-bond donors (Lipinski definition) is 3. The van der Waals surface area contributed by atoms with Gasteiger partial charge in [0.25, 0.3) is 5.91 Å². The number of carbonyl (C=O) groups is 3. The van der Waals surface area contributed by atoms with Crippen LogP contribution in [-0.2, 0) is 10.8 Å². The first-order chi connectivity index (χ1) is 25.8. The highest BCUT2D eigenvalue weighted by molar-refractivity contribution is 6.10. The van der Waals surface area contributed by atoms with Gasteiger partial charge in [0, 0.05) is 27.9 Å². The van der Waals surface area contributed by atoms with Gasteiger partial charge in [0.05, 0.1) is 25.3 Å². The second-order valence-corrected chi connectivity index (χ2v) is 15.7. The van der Waals surface area contributed by atoms with Crippen molar-refractivity contribution in [2.24, 2.45) is 0 Å². The second kappa shape index (κ2) is 18.9. The zero-order chi connectivity index (χ0) is 41.0. The number of hydrogen-bond acceptors (Lipinski definition) is 6. The Morgan fingerprint density at radius 1 is 0.564 bits per heavy atom. The van der Waals surface area contributed by atoms with Crippen molar-refractivity contribution in [1.29, 1.82) is 0 Å². The third-order valence-corrected chi connectivity index (χ3v) is 8.78. The number of amides is 1. The Kier molecular flexibility index (Phi) is 15.0. The molecule has 0 aliphatic carbocycles. The summed E-state index contributed by atoms with van der Waals surface area (Å²) in [5.41, 5.74) is 5.99. The molecule has 5 aromatic rings. The lowest BCUT2D eigenvalue weighted by molar-refractivity contribution is 0.0692. The van der Waals surface area contributed by atoms with Crippen molar-refractivity contribution in [2.75, 3.05) is 24.9 Å². The summed E-state index contributed by atoms with van der Waals surface area (Å²) in [7, 11) is 3.37. The number of carboxylic acid groups (broad SMARTS) is 1. The van der Waals surface area contributed by atoms with E-state index in [9.17, 15) is 14.4 Å². The summed E-state index contributed by atoms with van der Waals surface area (Å²) in [4.78, 5) is 34.9. The predicted octanol–water partition coefficient (Wildman–Crippen LogP) is 11.1. The molecule has 8 heteroatoms. The first-order valence-electron chi connectivity index (χ1n) is 18.2. The van der Waals surface area contributed by atoms with Crippen LogP contribution in [0.25, 0.3) is 0 Å². The average molecular weight is 745 g/mol. The first-order valence-corrected chi connectivity index (χ1v) is 18.2. The van der Waals surface area contributed by atoms with Crippen molar-refractivity contribution in [3.05, 3.63) is 155 Å². The highest BCUT2D eigenvalue weighted by Gasteiger charge is 2.23. The van der Waals surface area contributed by atoms with E-state index in [1.165, 1.54) is 23.3 Å². The van der Waals surface area contributed by atoms with Gasteiger partial charge in [0.1, 0.15) is 11.5 Å². The molecule has 0 heterocycles. The normalized spacial score (nSPS) is 11.1. The minimum atomic E-state index is -1.13. The van der Waals surface area contributed by atoms with Crippen LogP contribution < -0.4 is 20.1 Å². The summed E-state index contributed by atoms with van der Waals surface area (Å²) in [6.07, 6.45) is 0. The van der Waals surface area contributed by atoms with Gasteiger partial charge in [-0.3, -0.25) is 9.59 Å². The van der Waals surface area contributed by atoms with Crippen LogP contribution in [0, 0.1) is 0 Å². The summed E-state index contributed by atoms with van der Waals surface area (Å²) < 4.78 is 10.4. The van der Waals surface area contributed by atoms with Crippen LogP contribution in [0.5, 0.6) is 11.5 Å². The molecule has 0 saturated carbocycles. The summed E-state index contributed by atoms with van der Waals surface area (Å²) in [5.74, 6) is 0.337. The number of rotatable bonds is 9. The van der Waals surface area contributed by atoms with Crippen LogP contribution in [0.3, 0.4) is 0 Å². The summed E-state index contributed by atoms with van der Waals surface area (Å²) in [5, 5.41) is 15.2. The van der Waals surface area contributed by atoms with Crippen molar-refractivity contribution < 1.29 is 29.0 Å². The molecule has 0 aromatic heterocycles. The van der Waals surface area contributed by atoms with E-state index in [0.29, 0.717) is 5.69 Å². The molecular weight excluding hydrogens is 689 g/mol. The van der Waals surface area contributed by atoms with E-state index in [0.717, 1.165) is 28.3 Å². The van der Waals surface area contributed by atoms with E-state index in [1.54, 1.807) is 39.3 Å². The number of nitrogens with one attached hydrogen (secondary N) is 2. The molecule has 5 aromatic carbocycles. The van der Waals surface area contributed by atoms with Crippen LogP contribution in [0.4, 0.5) is 11.4 Å². The lowest BCUT2D eigenvalue weighted by Gasteiger charge is -2.26. The second-order valence-electron chi connectivity index (χ2n) is 15.7. The zero-order valence-electron chi connectivity index (χ0n) is 34.0. The molecule has 0 atom stereocenters. The van der Waals surface area contributed by atoms with Gasteiger partial charge in [-0.05, 0) is 104 Å². The summed E-state index contributed by atoms with van der Waals surface area (Å²) in [6.45, 7) is 18.5. The van der Waals surface area contributed by atoms with E-state index in [4.69, 9.17) is 14.6 Å². The fourth-order valence-corrected chi connectivity index (χ4v) is 5.80. The molecular formula is C47H56N2O6. The first kappa shape index (κ1) is 43.5. The van der Waals surface area contributed by atoms with Crippen LogP contribution in [0.1, 0.15) is 110 Å². The molecule has 1 amide bonds. The average Bonchev–Trinajstić information content (AvgIpc) is 3.14. The Hall–Kier alpha value is -5.89. The quantitative estimate of drug-likeness (QED) is 0.129. The molecule has 5 rings (SSSR count).